The van der Waals surface area contributed by atoms with E-state index < -0.39 is 4.92 Å². The number of benzene rings is 2. The minimum atomic E-state index is -0.406. The minimum Gasteiger partial charge on any atom is -0.497 e. The predicted molar refractivity (Wildman–Crippen MR) is 109 cm³/mol. The van der Waals surface area contributed by atoms with E-state index in [4.69, 9.17) is 9.47 Å². The van der Waals surface area contributed by atoms with E-state index in [1.54, 1.807) is 26.4 Å². The minimum absolute atomic E-state index is 0.0786. The molecule has 0 amide bonds. The Hall–Kier alpha value is -3.13. The summed E-state index contributed by atoms with van der Waals surface area (Å²) in [5.74, 6) is 1.48. The molecule has 0 saturated heterocycles. The van der Waals surface area contributed by atoms with E-state index in [9.17, 15) is 10.1 Å². The Kier molecular flexibility index (Phi) is 8.74. The van der Waals surface area contributed by atoms with Gasteiger partial charge in [0.05, 0.1) is 18.6 Å². The van der Waals surface area contributed by atoms with E-state index in [0.717, 1.165) is 29.8 Å². The second kappa shape index (κ2) is 11.6. The second-order valence-electron chi connectivity index (χ2n) is 6.06. The highest BCUT2D eigenvalue weighted by atomic mass is 16.6. The SMILES string of the molecule is COCCCNC(=NCc1ccc(OC)cc1)NCc1ccc([N+](=O)[O-])cc1. The van der Waals surface area contributed by atoms with Crippen LogP contribution in [0.4, 0.5) is 5.69 Å². The van der Waals surface area contributed by atoms with Gasteiger partial charge >= 0.3 is 0 Å². The lowest BCUT2D eigenvalue weighted by atomic mass is 10.2. The smallest absolute Gasteiger partial charge is 0.269 e. The Labute approximate surface area is 164 Å². The molecule has 8 nitrogen and oxygen atoms in total. The largest absolute Gasteiger partial charge is 0.497 e. The fourth-order valence-corrected chi connectivity index (χ4v) is 2.42. The molecule has 2 aromatic carbocycles. The van der Waals surface area contributed by atoms with Crippen LogP contribution in [0.15, 0.2) is 53.5 Å². The highest BCUT2D eigenvalue weighted by molar-refractivity contribution is 5.79. The number of non-ortho nitro benzene ring substituents is 1. The summed E-state index contributed by atoms with van der Waals surface area (Å²) in [4.78, 5) is 15.0. The van der Waals surface area contributed by atoms with E-state index in [2.05, 4.69) is 15.6 Å². The van der Waals surface area contributed by atoms with Crippen molar-refractivity contribution in [3.05, 3.63) is 69.8 Å². The molecule has 0 heterocycles. The van der Waals surface area contributed by atoms with Crippen LogP contribution in [0.3, 0.4) is 0 Å². The van der Waals surface area contributed by atoms with E-state index >= 15 is 0 Å². The molecule has 0 bridgehead atoms. The average molecular weight is 386 g/mol. The maximum Gasteiger partial charge on any atom is 0.269 e. The Balaban J connectivity index is 1.97. The second-order valence-corrected chi connectivity index (χ2v) is 6.06. The molecule has 28 heavy (non-hydrogen) atoms. The molecule has 0 saturated carbocycles. The van der Waals surface area contributed by atoms with Gasteiger partial charge in [-0.15, -0.1) is 0 Å². The molecule has 8 heteroatoms. The predicted octanol–water partition coefficient (Wildman–Crippen LogP) is 2.88. The number of guanidine groups is 1. The fourth-order valence-electron chi connectivity index (χ4n) is 2.42. The van der Waals surface area contributed by atoms with Gasteiger partial charge in [-0.1, -0.05) is 24.3 Å². The molecule has 2 aromatic rings. The molecule has 0 fully saturated rings. The molecule has 2 rings (SSSR count). The van der Waals surface area contributed by atoms with Gasteiger partial charge in [0.15, 0.2) is 5.96 Å². The fraction of sp³-hybridized carbons (Fsp3) is 0.350. The molecule has 0 aliphatic carbocycles. The summed E-state index contributed by atoms with van der Waals surface area (Å²) < 4.78 is 10.2. The van der Waals surface area contributed by atoms with Gasteiger partial charge in [-0.2, -0.15) is 0 Å². The summed E-state index contributed by atoms with van der Waals surface area (Å²) >= 11 is 0. The van der Waals surface area contributed by atoms with E-state index in [-0.39, 0.29) is 5.69 Å². The third-order valence-corrected chi connectivity index (χ3v) is 4.00. The zero-order chi connectivity index (χ0) is 20.2. The third-order valence-electron chi connectivity index (χ3n) is 4.00. The van der Waals surface area contributed by atoms with Crippen LogP contribution in [0, 0.1) is 10.1 Å². The molecule has 0 aromatic heterocycles. The van der Waals surface area contributed by atoms with Crippen LogP contribution in [0.5, 0.6) is 5.75 Å². The number of hydrogen-bond donors (Lipinski definition) is 2. The molecule has 0 aliphatic rings. The van der Waals surface area contributed by atoms with Crippen molar-refractivity contribution in [3.8, 4) is 5.75 Å². The Morgan fingerprint density at radius 3 is 2.32 bits per heavy atom. The monoisotopic (exact) mass is 386 g/mol. The van der Waals surface area contributed by atoms with Crippen molar-refractivity contribution in [1.29, 1.82) is 0 Å². The summed E-state index contributed by atoms with van der Waals surface area (Å²) in [6.45, 7) is 2.42. The van der Waals surface area contributed by atoms with Crippen molar-refractivity contribution in [2.45, 2.75) is 19.5 Å². The van der Waals surface area contributed by atoms with Crippen molar-refractivity contribution >= 4 is 11.6 Å². The van der Waals surface area contributed by atoms with Gasteiger partial charge in [0.2, 0.25) is 0 Å². The normalized spacial score (nSPS) is 11.1. The van der Waals surface area contributed by atoms with E-state index in [0.29, 0.717) is 25.7 Å². The summed E-state index contributed by atoms with van der Waals surface area (Å²) in [5, 5.41) is 17.3. The number of rotatable bonds is 10. The van der Waals surface area contributed by atoms with Gasteiger partial charge in [-0.25, -0.2) is 4.99 Å². The molecule has 2 N–H and O–H groups in total. The molecule has 0 atom stereocenters. The summed E-state index contributed by atoms with van der Waals surface area (Å²) in [6.07, 6.45) is 0.858. The first kappa shape index (κ1) is 21.2. The molecule has 0 unspecified atom stereocenters. The van der Waals surface area contributed by atoms with Crippen LogP contribution in [0.25, 0.3) is 0 Å². The van der Waals surface area contributed by atoms with Crippen LogP contribution in [-0.4, -0.2) is 38.3 Å². The van der Waals surface area contributed by atoms with Crippen LogP contribution < -0.4 is 15.4 Å². The summed E-state index contributed by atoms with van der Waals surface area (Å²) in [6, 6.07) is 14.2. The van der Waals surface area contributed by atoms with Crippen LogP contribution in [0.1, 0.15) is 17.5 Å². The van der Waals surface area contributed by atoms with Crippen LogP contribution >= 0.6 is 0 Å². The first-order valence-electron chi connectivity index (χ1n) is 8.99. The third kappa shape index (κ3) is 7.24. The number of nitro benzene ring substituents is 1. The highest BCUT2D eigenvalue weighted by Crippen LogP contribution is 2.13. The van der Waals surface area contributed by atoms with Gasteiger partial charge in [-0.05, 0) is 29.7 Å². The lowest BCUT2D eigenvalue weighted by Crippen LogP contribution is -2.37. The lowest BCUT2D eigenvalue weighted by Gasteiger charge is -2.13. The van der Waals surface area contributed by atoms with E-state index in [1.165, 1.54) is 12.1 Å². The first-order chi connectivity index (χ1) is 13.6. The Morgan fingerprint density at radius 2 is 1.71 bits per heavy atom. The van der Waals surface area contributed by atoms with Crippen LogP contribution in [0.2, 0.25) is 0 Å². The highest BCUT2D eigenvalue weighted by Gasteiger charge is 2.05. The summed E-state index contributed by atoms with van der Waals surface area (Å²) in [5.41, 5.74) is 2.07. The Bertz CT molecular complexity index is 761. The van der Waals surface area contributed by atoms with E-state index in [1.807, 2.05) is 24.3 Å². The number of hydrogen-bond acceptors (Lipinski definition) is 5. The van der Waals surface area contributed by atoms with Crippen molar-refractivity contribution in [2.75, 3.05) is 27.4 Å². The average Bonchev–Trinajstić information content (AvgIpc) is 2.73. The van der Waals surface area contributed by atoms with Gasteiger partial charge in [-0.3, -0.25) is 10.1 Å². The molecule has 0 spiro atoms. The number of nitrogens with zero attached hydrogens (tertiary/aromatic N) is 2. The van der Waals surface area contributed by atoms with Crippen molar-refractivity contribution < 1.29 is 14.4 Å². The topological polar surface area (TPSA) is 98.0 Å². The van der Waals surface area contributed by atoms with Gasteiger partial charge in [0.25, 0.3) is 5.69 Å². The number of nitro groups is 1. The van der Waals surface area contributed by atoms with Gasteiger partial charge in [0.1, 0.15) is 5.75 Å². The maximum atomic E-state index is 10.8. The van der Waals surface area contributed by atoms with Crippen LogP contribution in [-0.2, 0) is 17.8 Å². The van der Waals surface area contributed by atoms with Crippen molar-refractivity contribution in [3.63, 3.8) is 0 Å². The summed E-state index contributed by atoms with van der Waals surface area (Å²) in [7, 11) is 3.31. The number of aliphatic imine (C=N–C) groups is 1. The number of nitrogens with one attached hydrogen (secondary N) is 2. The standard InChI is InChI=1S/C20H26N4O4/c1-27-13-3-12-21-20(23-15-17-6-10-19(28-2)11-7-17)22-14-16-4-8-18(9-5-16)24(25)26/h4-11H,3,12-15H2,1-2H3,(H2,21,22,23). The molecule has 0 aliphatic heterocycles. The van der Waals surface area contributed by atoms with Crippen molar-refractivity contribution in [1.82, 2.24) is 10.6 Å². The van der Waals surface area contributed by atoms with Crippen molar-refractivity contribution in [2.24, 2.45) is 4.99 Å². The molecule has 150 valence electrons. The Morgan fingerprint density at radius 1 is 1.04 bits per heavy atom. The zero-order valence-electron chi connectivity index (χ0n) is 16.2. The molecular weight excluding hydrogens is 360 g/mol. The molecule has 0 radical (unpaired) electrons. The first-order valence-corrected chi connectivity index (χ1v) is 8.99. The molecular formula is C20H26N4O4. The number of methoxy groups -OCH3 is 2. The number of ether oxygens (including phenoxy) is 2. The quantitative estimate of drug-likeness (QED) is 0.214. The lowest BCUT2D eigenvalue weighted by molar-refractivity contribution is -0.384. The zero-order valence-corrected chi connectivity index (χ0v) is 16.2. The van der Waals surface area contributed by atoms with Gasteiger partial charge in [0, 0.05) is 38.9 Å². The maximum absolute atomic E-state index is 10.8. The van der Waals surface area contributed by atoms with Gasteiger partial charge < -0.3 is 20.1 Å².